The van der Waals surface area contributed by atoms with Crippen molar-refractivity contribution >= 4 is 0 Å². The number of rotatable bonds is 9. The first-order valence-corrected chi connectivity index (χ1v) is 5.33. The van der Waals surface area contributed by atoms with Crippen LogP contribution in [0.4, 0.5) is 0 Å². The molecule has 1 N–H and O–H groups in total. The van der Waals surface area contributed by atoms with Crippen molar-refractivity contribution < 1.29 is 9.47 Å². The summed E-state index contributed by atoms with van der Waals surface area (Å²) in [6.07, 6.45) is 3.03. The van der Waals surface area contributed by atoms with Gasteiger partial charge in [0.05, 0.1) is 6.61 Å². The van der Waals surface area contributed by atoms with Crippen LogP contribution < -0.4 is 5.32 Å². The van der Waals surface area contributed by atoms with Gasteiger partial charge in [-0.05, 0) is 27.2 Å². The average Bonchev–Trinajstić information content (AvgIpc) is 2.21. The summed E-state index contributed by atoms with van der Waals surface area (Å²) >= 11 is 0. The van der Waals surface area contributed by atoms with Gasteiger partial charge >= 0.3 is 0 Å². The summed E-state index contributed by atoms with van der Waals surface area (Å²) in [5.74, 6) is 0. The van der Waals surface area contributed by atoms with E-state index in [1.54, 1.807) is 0 Å². The summed E-state index contributed by atoms with van der Waals surface area (Å²) in [7, 11) is 0. The van der Waals surface area contributed by atoms with Gasteiger partial charge in [0.25, 0.3) is 0 Å². The molecule has 0 unspecified atom stereocenters. The molecule has 0 aliphatic rings. The lowest BCUT2D eigenvalue weighted by Gasteiger charge is -2.07. The second kappa shape index (κ2) is 10.5. The highest BCUT2D eigenvalue weighted by molar-refractivity contribution is 4.91. The summed E-state index contributed by atoms with van der Waals surface area (Å²) in [4.78, 5) is 0. The van der Waals surface area contributed by atoms with E-state index in [4.69, 9.17) is 9.47 Å². The standard InChI is InChI=1S/C11H23NO2/c1-4-11(3)12-7-10-14-9-6-8-13-5-2/h4,12H,5-10H2,1-3H3/b11-4+. The smallest absolute Gasteiger partial charge is 0.0638 e. The second-order valence-corrected chi connectivity index (χ2v) is 3.06. The molecule has 0 amide bonds. The van der Waals surface area contributed by atoms with Gasteiger partial charge in [0.15, 0.2) is 0 Å². The largest absolute Gasteiger partial charge is 0.387 e. The topological polar surface area (TPSA) is 30.5 Å². The molecular formula is C11H23NO2. The van der Waals surface area contributed by atoms with Crippen LogP contribution in [-0.4, -0.2) is 33.0 Å². The SMILES string of the molecule is C/C=C(\C)NCCOCCCOCC. The zero-order valence-electron chi connectivity index (χ0n) is 9.64. The third kappa shape index (κ3) is 9.55. The third-order valence-electron chi connectivity index (χ3n) is 1.86. The molecule has 0 aromatic rings. The molecule has 0 saturated carbocycles. The van der Waals surface area contributed by atoms with Crippen molar-refractivity contribution in [2.24, 2.45) is 0 Å². The van der Waals surface area contributed by atoms with Crippen LogP contribution in [0, 0.1) is 0 Å². The molecular weight excluding hydrogens is 178 g/mol. The highest BCUT2D eigenvalue weighted by Crippen LogP contribution is 1.86. The predicted molar refractivity (Wildman–Crippen MR) is 59.4 cm³/mol. The molecule has 0 bridgehead atoms. The fourth-order valence-corrected chi connectivity index (χ4v) is 0.932. The first kappa shape index (κ1) is 13.5. The van der Waals surface area contributed by atoms with Crippen LogP contribution >= 0.6 is 0 Å². The monoisotopic (exact) mass is 201 g/mol. The second-order valence-electron chi connectivity index (χ2n) is 3.06. The molecule has 0 atom stereocenters. The summed E-state index contributed by atoms with van der Waals surface area (Å²) < 4.78 is 10.6. The molecule has 0 heterocycles. The molecule has 0 aliphatic carbocycles. The summed E-state index contributed by atoms with van der Waals surface area (Å²) in [5, 5.41) is 3.24. The zero-order valence-corrected chi connectivity index (χ0v) is 9.64. The van der Waals surface area contributed by atoms with Gasteiger partial charge in [-0.2, -0.15) is 0 Å². The summed E-state index contributed by atoms with van der Waals surface area (Å²) in [6, 6.07) is 0. The van der Waals surface area contributed by atoms with Crippen LogP contribution in [0.2, 0.25) is 0 Å². The van der Waals surface area contributed by atoms with Crippen molar-refractivity contribution in [3.8, 4) is 0 Å². The van der Waals surface area contributed by atoms with Gasteiger partial charge in [-0.15, -0.1) is 0 Å². The Labute approximate surface area is 87.5 Å². The van der Waals surface area contributed by atoms with E-state index in [-0.39, 0.29) is 0 Å². The average molecular weight is 201 g/mol. The first-order chi connectivity index (χ1) is 6.81. The van der Waals surface area contributed by atoms with Crippen molar-refractivity contribution in [3.05, 3.63) is 11.8 Å². The van der Waals surface area contributed by atoms with E-state index in [1.807, 2.05) is 13.8 Å². The van der Waals surface area contributed by atoms with Crippen molar-refractivity contribution in [3.63, 3.8) is 0 Å². The van der Waals surface area contributed by atoms with Gasteiger partial charge in [0.2, 0.25) is 0 Å². The van der Waals surface area contributed by atoms with E-state index in [2.05, 4.69) is 18.3 Å². The first-order valence-electron chi connectivity index (χ1n) is 5.33. The Morgan fingerprint density at radius 1 is 1.21 bits per heavy atom. The van der Waals surface area contributed by atoms with Crippen molar-refractivity contribution in [2.45, 2.75) is 27.2 Å². The Morgan fingerprint density at radius 2 is 1.93 bits per heavy atom. The molecule has 0 rings (SSSR count). The highest BCUT2D eigenvalue weighted by Gasteiger charge is 1.90. The molecule has 3 nitrogen and oxygen atoms in total. The van der Waals surface area contributed by atoms with Crippen LogP contribution in [0.3, 0.4) is 0 Å². The van der Waals surface area contributed by atoms with E-state index in [0.717, 1.165) is 39.4 Å². The van der Waals surface area contributed by atoms with E-state index in [1.165, 1.54) is 5.70 Å². The third-order valence-corrected chi connectivity index (χ3v) is 1.86. The maximum absolute atomic E-state index is 5.41. The van der Waals surface area contributed by atoms with Gasteiger partial charge in [0, 0.05) is 32.1 Å². The normalized spacial score (nSPS) is 11.8. The number of hydrogen-bond donors (Lipinski definition) is 1. The minimum absolute atomic E-state index is 0.761. The van der Waals surface area contributed by atoms with Gasteiger partial charge in [-0.1, -0.05) is 6.08 Å². The zero-order chi connectivity index (χ0) is 10.6. The Kier molecular flexibility index (Phi) is 10.1. The quantitative estimate of drug-likeness (QED) is 0.578. The van der Waals surface area contributed by atoms with E-state index in [9.17, 15) is 0 Å². The number of ether oxygens (including phenoxy) is 2. The molecule has 0 saturated heterocycles. The van der Waals surface area contributed by atoms with Gasteiger partial charge < -0.3 is 14.8 Å². The fraction of sp³-hybridized carbons (Fsp3) is 0.818. The van der Waals surface area contributed by atoms with E-state index in [0.29, 0.717) is 0 Å². The van der Waals surface area contributed by atoms with E-state index < -0.39 is 0 Å². The summed E-state index contributed by atoms with van der Waals surface area (Å²) in [6.45, 7) is 10.1. The van der Waals surface area contributed by atoms with Crippen molar-refractivity contribution in [1.82, 2.24) is 5.32 Å². The maximum atomic E-state index is 5.41. The predicted octanol–water partition coefficient (Wildman–Crippen LogP) is 1.94. The van der Waals surface area contributed by atoms with Gasteiger partial charge in [-0.3, -0.25) is 0 Å². The number of allylic oxidation sites excluding steroid dienone is 2. The minimum Gasteiger partial charge on any atom is -0.387 e. The molecule has 0 spiro atoms. The molecule has 0 aromatic carbocycles. The van der Waals surface area contributed by atoms with Crippen molar-refractivity contribution in [1.29, 1.82) is 0 Å². The van der Waals surface area contributed by atoms with Crippen molar-refractivity contribution in [2.75, 3.05) is 33.0 Å². The van der Waals surface area contributed by atoms with Crippen LogP contribution in [0.1, 0.15) is 27.2 Å². The lowest BCUT2D eigenvalue weighted by Crippen LogP contribution is -2.18. The van der Waals surface area contributed by atoms with Crippen LogP contribution in [0.5, 0.6) is 0 Å². The molecule has 14 heavy (non-hydrogen) atoms. The molecule has 0 aromatic heterocycles. The van der Waals surface area contributed by atoms with Gasteiger partial charge in [-0.25, -0.2) is 0 Å². The van der Waals surface area contributed by atoms with Gasteiger partial charge in [0.1, 0.15) is 0 Å². The molecule has 84 valence electrons. The molecule has 0 fully saturated rings. The van der Waals surface area contributed by atoms with Crippen LogP contribution in [-0.2, 0) is 9.47 Å². The molecule has 3 heteroatoms. The Morgan fingerprint density at radius 3 is 2.57 bits per heavy atom. The lowest BCUT2D eigenvalue weighted by molar-refractivity contribution is 0.0897. The van der Waals surface area contributed by atoms with Crippen LogP contribution in [0.25, 0.3) is 0 Å². The van der Waals surface area contributed by atoms with E-state index >= 15 is 0 Å². The minimum atomic E-state index is 0.761. The van der Waals surface area contributed by atoms with Crippen LogP contribution in [0.15, 0.2) is 11.8 Å². The molecule has 0 aliphatic heterocycles. The highest BCUT2D eigenvalue weighted by atomic mass is 16.5. The Hall–Kier alpha value is -0.540. The molecule has 0 radical (unpaired) electrons. The summed E-state index contributed by atoms with van der Waals surface area (Å²) in [5.41, 5.74) is 1.20. The number of hydrogen-bond acceptors (Lipinski definition) is 3. The Balaban J connectivity index is 2.99. The Bertz CT molecular complexity index is 146. The maximum Gasteiger partial charge on any atom is 0.0638 e. The lowest BCUT2D eigenvalue weighted by atomic mass is 10.4. The fourth-order valence-electron chi connectivity index (χ4n) is 0.932. The number of nitrogens with one attached hydrogen (secondary N) is 1.